The summed E-state index contributed by atoms with van der Waals surface area (Å²) in [5.41, 5.74) is 2.29. The van der Waals surface area contributed by atoms with Crippen LogP contribution in [0.1, 0.15) is 12.0 Å². The van der Waals surface area contributed by atoms with Crippen LogP contribution in [-0.2, 0) is 11.3 Å². The number of ether oxygens (including phenoxy) is 1. The van der Waals surface area contributed by atoms with Gasteiger partial charge in [-0.1, -0.05) is 12.1 Å². The maximum absolute atomic E-state index is 8.56. The summed E-state index contributed by atoms with van der Waals surface area (Å²) in [7, 11) is 0. The second-order valence-corrected chi connectivity index (χ2v) is 4.40. The molecular formula is C15H20N2O2. The third-order valence-electron chi connectivity index (χ3n) is 2.87. The maximum Gasteiger partial charge on any atom is 0.0702 e. The van der Waals surface area contributed by atoms with Crippen LogP contribution in [0.3, 0.4) is 0 Å². The van der Waals surface area contributed by atoms with Gasteiger partial charge in [0.25, 0.3) is 0 Å². The fraction of sp³-hybridized carbons (Fsp3) is 0.400. The monoisotopic (exact) mass is 260 g/mol. The largest absolute Gasteiger partial charge is 0.394 e. The summed E-state index contributed by atoms with van der Waals surface area (Å²) in [5.74, 6) is 0. The molecule has 0 spiro atoms. The highest BCUT2D eigenvalue weighted by Crippen LogP contribution is 2.12. The lowest BCUT2D eigenvalue weighted by molar-refractivity contribution is 0.0907. The Hall–Kier alpha value is -1.49. The van der Waals surface area contributed by atoms with E-state index in [2.05, 4.69) is 34.6 Å². The number of nitrogens with one attached hydrogen (secondary N) is 1. The summed E-state index contributed by atoms with van der Waals surface area (Å²) in [6.45, 7) is 2.98. The summed E-state index contributed by atoms with van der Waals surface area (Å²) in [5, 5.41) is 13.1. The molecular weight excluding hydrogens is 240 g/mol. The van der Waals surface area contributed by atoms with E-state index in [4.69, 9.17) is 9.84 Å². The van der Waals surface area contributed by atoms with Gasteiger partial charge < -0.3 is 15.2 Å². The highest BCUT2D eigenvalue weighted by atomic mass is 16.5. The summed E-state index contributed by atoms with van der Waals surface area (Å²) in [6.07, 6.45) is 2.77. The van der Waals surface area contributed by atoms with E-state index in [9.17, 15) is 0 Å². The molecule has 0 fully saturated rings. The number of aliphatic hydroxyl groups is 1. The molecule has 0 bridgehead atoms. The number of hydrogen-bond donors (Lipinski definition) is 2. The van der Waals surface area contributed by atoms with Crippen molar-refractivity contribution in [3.05, 3.63) is 42.1 Å². The Morgan fingerprint density at radius 3 is 3.05 bits per heavy atom. The minimum absolute atomic E-state index is 0.0958. The van der Waals surface area contributed by atoms with Gasteiger partial charge in [-0.3, -0.25) is 4.98 Å². The molecule has 0 atom stereocenters. The molecule has 0 radical (unpaired) electrons. The van der Waals surface area contributed by atoms with E-state index in [1.165, 1.54) is 10.9 Å². The van der Waals surface area contributed by atoms with Crippen LogP contribution in [-0.4, -0.2) is 36.5 Å². The van der Waals surface area contributed by atoms with Crippen molar-refractivity contribution in [2.24, 2.45) is 0 Å². The van der Waals surface area contributed by atoms with Crippen LogP contribution in [0.5, 0.6) is 0 Å². The van der Waals surface area contributed by atoms with Gasteiger partial charge in [0.15, 0.2) is 0 Å². The highest BCUT2D eigenvalue weighted by molar-refractivity contribution is 5.78. The van der Waals surface area contributed by atoms with Crippen molar-refractivity contribution in [2.75, 3.05) is 26.4 Å². The lowest BCUT2D eigenvalue weighted by atomic mass is 10.1. The Kier molecular flexibility index (Phi) is 5.75. The Morgan fingerprint density at radius 2 is 2.16 bits per heavy atom. The third kappa shape index (κ3) is 4.59. The maximum atomic E-state index is 8.56. The Morgan fingerprint density at radius 1 is 1.21 bits per heavy atom. The van der Waals surface area contributed by atoms with Gasteiger partial charge in [0, 0.05) is 24.7 Å². The molecule has 19 heavy (non-hydrogen) atoms. The van der Waals surface area contributed by atoms with Crippen molar-refractivity contribution in [1.82, 2.24) is 10.3 Å². The van der Waals surface area contributed by atoms with E-state index in [0.29, 0.717) is 13.2 Å². The number of nitrogens with zero attached hydrogens (tertiary/aromatic N) is 1. The summed E-state index contributed by atoms with van der Waals surface area (Å²) in [6, 6.07) is 10.4. The molecule has 0 saturated carbocycles. The molecule has 4 heteroatoms. The molecule has 0 aliphatic carbocycles. The fourth-order valence-electron chi connectivity index (χ4n) is 1.93. The molecule has 2 N–H and O–H groups in total. The first-order valence-electron chi connectivity index (χ1n) is 6.63. The van der Waals surface area contributed by atoms with Gasteiger partial charge in [0.05, 0.1) is 18.7 Å². The number of aliphatic hydroxyl groups excluding tert-OH is 1. The molecule has 0 aliphatic heterocycles. The third-order valence-corrected chi connectivity index (χ3v) is 2.87. The van der Waals surface area contributed by atoms with E-state index in [0.717, 1.165) is 25.0 Å². The molecule has 2 rings (SSSR count). The van der Waals surface area contributed by atoms with E-state index in [1.807, 2.05) is 12.3 Å². The molecule has 1 aromatic heterocycles. The number of hydrogen-bond acceptors (Lipinski definition) is 4. The minimum Gasteiger partial charge on any atom is -0.394 e. The zero-order valence-corrected chi connectivity index (χ0v) is 11.0. The lowest BCUT2D eigenvalue weighted by Crippen LogP contribution is -2.16. The molecule has 0 saturated heterocycles. The number of pyridine rings is 1. The molecule has 4 nitrogen and oxygen atoms in total. The van der Waals surface area contributed by atoms with Crippen LogP contribution in [0.15, 0.2) is 36.5 Å². The van der Waals surface area contributed by atoms with Gasteiger partial charge in [-0.15, -0.1) is 0 Å². The molecule has 0 aliphatic rings. The van der Waals surface area contributed by atoms with Crippen LogP contribution in [0.25, 0.3) is 10.9 Å². The SMILES string of the molecule is OCCOCCCNCc1ccc2ncccc2c1. The molecule has 2 aromatic rings. The minimum atomic E-state index is 0.0958. The van der Waals surface area contributed by atoms with Crippen LogP contribution in [0, 0.1) is 0 Å². The first-order valence-corrected chi connectivity index (χ1v) is 6.63. The van der Waals surface area contributed by atoms with Crippen molar-refractivity contribution < 1.29 is 9.84 Å². The Bertz CT molecular complexity index is 502. The van der Waals surface area contributed by atoms with Crippen molar-refractivity contribution in [2.45, 2.75) is 13.0 Å². The predicted molar refractivity (Wildman–Crippen MR) is 76.0 cm³/mol. The van der Waals surface area contributed by atoms with E-state index < -0.39 is 0 Å². The normalized spacial score (nSPS) is 11.0. The van der Waals surface area contributed by atoms with Crippen LogP contribution < -0.4 is 5.32 Å². The van der Waals surface area contributed by atoms with Crippen molar-refractivity contribution in [3.8, 4) is 0 Å². The molecule has 0 unspecified atom stereocenters. The molecule has 0 amide bonds. The molecule has 1 aromatic carbocycles. The quantitative estimate of drug-likeness (QED) is 0.710. The number of benzene rings is 1. The highest BCUT2D eigenvalue weighted by Gasteiger charge is 1.97. The summed E-state index contributed by atoms with van der Waals surface area (Å²) < 4.78 is 5.19. The Labute approximate surface area is 113 Å². The van der Waals surface area contributed by atoms with Gasteiger partial charge in [-0.05, 0) is 36.7 Å². The van der Waals surface area contributed by atoms with Crippen LogP contribution in [0.2, 0.25) is 0 Å². The van der Waals surface area contributed by atoms with Gasteiger partial charge in [0.1, 0.15) is 0 Å². The van der Waals surface area contributed by atoms with Crippen molar-refractivity contribution in [3.63, 3.8) is 0 Å². The molecule has 1 heterocycles. The van der Waals surface area contributed by atoms with E-state index >= 15 is 0 Å². The van der Waals surface area contributed by atoms with Crippen LogP contribution in [0.4, 0.5) is 0 Å². The first kappa shape index (κ1) is 13.9. The molecule has 102 valence electrons. The fourth-order valence-corrected chi connectivity index (χ4v) is 1.93. The zero-order valence-electron chi connectivity index (χ0n) is 11.0. The first-order chi connectivity index (χ1) is 9.40. The van der Waals surface area contributed by atoms with E-state index in [1.54, 1.807) is 0 Å². The summed E-state index contributed by atoms with van der Waals surface area (Å²) in [4.78, 5) is 4.30. The van der Waals surface area contributed by atoms with Gasteiger partial charge >= 0.3 is 0 Å². The van der Waals surface area contributed by atoms with E-state index in [-0.39, 0.29) is 6.61 Å². The Balaban J connectivity index is 1.72. The van der Waals surface area contributed by atoms with Crippen molar-refractivity contribution >= 4 is 10.9 Å². The van der Waals surface area contributed by atoms with Crippen LogP contribution >= 0.6 is 0 Å². The standard InChI is InChI=1S/C15H20N2O2/c18-8-10-19-9-2-6-16-12-13-4-5-15-14(11-13)3-1-7-17-15/h1,3-5,7,11,16,18H,2,6,8-10,12H2. The average molecular weight is 260 g/mol. The smallest absolute Gasteiger partial charge is 0.0702 e. The lowest BCUT2D eigenvalue weighted by Gasteiger charge is -2.06. The number of rotatable bonds is 8. The number of aromatic nitrogens is 1. The second-order valence-electron chi connectivity index (χ2n) is 4.40. The predicted octanol–water partition coefficient (Wildman–Crippen LogP) is 1.72. The zero-order chi connectivity index (χ0) is 13.3. The van der Waals surface area contributed by atoms with Gasteiger partial charge in [-0.2, -0.15) is 0 Å². The second kappa shape index (κ2) is 7.84. The summed E-state index contributed by atoms with van der Waals surface area (Å²) >= 11 is 0. The van der Waals surface area contributed by atoms with Crippen molar-refractivity contribution in [1.29, 1.82) is 0 Å². The topological polar surface area (TPSA) is 54.4 Å². The van der Waals surface area contributed by atoms with Gasteiger partial charge in [-0.25, -0.2) is 0 Å². The number of fused-ring (bicyclic) bond motifs is 1. The average Bonchev–Trinajstić information content (AvgIpc) is 2.46. The van der Waals surface area contributed by atoms with Gasteiger partial charge in [0.2, 0.25) is 0 Å².